The zero-order valence-corrected chi connectivity index (χ0v) is 18.2. The Bertz CT molecular complexity index is 1230. The van der Waals surface area contributed by atoms with Gasteiger partial charge in [-0.25, -0.2) is 26.7 Å². The number of nitrogens with zero attached hydrogens (tertiary/aromatic N) is 1. The van der Waals surface area contributed by atoms with Gasteiger partial charge < -0.3 is 4.90 Å². The maximum absolute atomic E-state index is 12.7. The molecule has 0 aromatic heterocycles. The minimum atomic E-state index is -4.99. The van der Waals surface area contributed by atoms with Crippen LogP contribution in [-0.2, 0) is 44.2 Å². The van der Waals surface area contributed by atoms with E-state index < -0.39 is 32.1 Å². The van der Waals surface area contributed by atoms with Gasteiger partial charge in [-0.2, -0.15) is 13.2 Å². The quantitative estimate of drug-likeness (QED) is 0.630. The maximum Gasteiger partial charge on any atom is 0.471 e. The van der Waals surface area contributed by atoms with Crippen LogP contribution in [-0.4, -0.2) is 46.9 Å². The summed E-state index contributed by atoms with van der Waals surface area (Å²) in [5.74, 6) is -1.96. The minimum Gasteiger partial charge on any atom is -0.330 e. The summed E-state index contributed by atoms with van der Waals surface area (Å²) >= 11 is 0. The average molecular weight is 492 g/mol. The van der Waals surface area contributed by atoms with Crippen molar-refractivity contribution in [3.05, 3.63) is 59.2 Å². The fraction of sp³-hybridized carbons (Fsp3) is 0.316. The highest BCUT2D eigenvalue weighted by Crippen LogP contribution is 2.26. The van der Waals surface area contributed by atoms with E-state index in [1.165, 1.54) is 42.5 Å². The number of halogens is 3. The number of fused-ring (bicyclic) bond motifs is 1. The molecule has 0 fully saturated rings. The number of carbonyl (C=O) groups excluding carboxylic acids is 1. The molecule has 174 valence electrons. The molecule has 0 spiro atoms. The van der Waals surface area contributed by atoms with E-state index in [1.54, 1.807) is 0 Å². The largest absolute Gasteiger partial charge is 0.471 e. The van der Waals surface area contributed by atoms with Crippen molar-refractivity contribution in [3.8, 4) is 0 Å². The second kappa shape index (κ2) is 8.81. The Morgan fingerprint density at radius 2 is 1.62 bits per heavy atom. The molecule has 0 saturated carbocycles. The van der Waals surface area contributed by atoms with Crippen molar-refractivity contribution in [3.63, 3.8) is 0 Å². The molecular formula is C19H20F3N3O5S2. The fourth-order valence-electron chi connectivity index (χ4n) is 3.31. The van der Waals surface area contributed by atoms with E-state index in [2.05, 4.69) is 4.72 Å². The third-order valence-electron chi connectivity index (χ3n) is 4.99. The molecule has 32 heavy (non-hydrogen) atoms. The smallest absolute Gasteiger partial charge is 0.330 e. The molecule has 0 bridgehead atoms. The van der Waals surface area contributed by atoms with Crippen LogP contribution >= 0.6 is 0 Å². The Labute approximate surface area is 183 Å². The Morgan fingerprint density at radius 3 is 2.22 bits per heavy atom. The van der Waals surface area contributed by atoms with Gasteiger partial charge in [0, 0.05) is 19.6 Å². The molecule has 0 aliphatic carbocycles. The van der Waals surface area contributed by atoms with Crippen LogP contribution < -0.4 is 9.86 Å². The summed E-state index contributed by atoms with van der Waals surface area (Å²) in [5, 5.41) is 5.03. The number of hydrogen-bond donors (Lipinski definition) is 2. The van der Waals surface area contributed by atoms with Crippen LogP contribution in [0, 0.1) is 0 Å². The molecule has 1 amide bonds. The number of primary sulfonamides is 1. The van der Waals surface area contributed by atoms with Crippen LogP contribution in [0.25, 0.3) is 0 Å². The van der Waals surface area contributed by atoms with Crippen LogP contribution in [0.2, 0.25) is 0 Å². The fourth-order valence-corrected chi connectivity index (χ4v) is 4.91. The molecule has 13 heteroatoms. The van der Waals surface area contributed by atoms with Gasteiger partial charge in [0.25, 0.3) is 0 Å². The lowest BCUT2D eigenvalue weighted by molar-refractivity contribution is -0.186. The number of benzene rings is 2. The van der Waals surface area contributed by atoms with Crippen LogP contribution in [0.15, 0.2) is 52.3 Å². The molecule has 8 nitrogen and oxygen atoms in total. The molecular weight excluding hydrogens is 471 g/mol. The van der Waals surface area contributed by atoms with Crippen molar-refractivity contribution in [2.45, 2.75) is 35.4 Å². The Balaban J connectivity index is 1.67. The highest BCUT2D eigenvalue weighted by atomic mass is 32.2. The predicted octanol–water partition coefficient (Wildman–Crippen LogP) is 1.30. The topological polar surface area (TPSA) is 127 Å². The third-order valence-corrected chi connectivity index (χ3v) is 7.38. The lowest BCUT2D eigenvalue weighted by Crippen LogP contribution is -2.43. The van der Waals surface area contributed by atoms with E-state index in [4.69, 9.17) is 5.14 Å². The monoisotopic (exact) mass is 491 g/mol. The van der Waals surface area contributed by atoms with Crippen molar-refractivity contribution in [1.29, 1.82) is 0 Å². The van der Waals surface area contributed by atoms with E-state index in [-0.39, 0.29) is 42.3 Å². The van der Waals surface area contributed by atoms with Crippen molar-refractivity contribution >= 4 is 26.0 Å². The van der Waals surface area contributed by atoms with Crippen LogP contribution in [0.5, 0.6) is 0 Å². The van der Waals surface area contributed by atoms with E-state index >= 15 is 0 Å². The van der Waals surface area contributed by atoms with Crippen LogP contribution in [0.1, 0.15) is 16.7 Å². The van der Waals surface area contributed by atoms with Crippen molar-refractivity contribution < 1.29 is 34.8 Å². The number of carbonyl (C=O) groups is 1. The number of alkyl halides is 3. The van der Waals surface area contributed by atoms with Gasteiger partial charge in [0.05, 0.1) is 9.79 Å². The second-order valence-corrected chi connectivity index (χ2v) is 10.6. The summed E-state index contributed by atoms with van der Waals surface area (Å²) in [4.78, 5) is 12.0. The Morgan fingerprint density at radius 1 is 1.00 bits per heavy atom. The van der Waals surface area contributed by atoms with Crippen LogP contribution in [0.4, 0.5) is 13.2 Å². The zero-order chi connectivity index (χ0) is 23.7. The molecule has 0 radical (unpaired) electrons. The molecule has 1 aliphatic heterocycles. The molecule has 1 aliphatic rings. The first-order valence-electron chi connectivity index (χ1n) is 9.37. The number of nitrogens with two attached hydrogens (primary N) is 1. The Kier molecular flexibility index (Phi) is 6.65. The summed E-state index contributed by atoms with van der Waals surface area (Å²) in [7, 11) is -7.78. The predicted molar refractivity (Wildman–Crippen MR) is 108 cm³/mol. The molecule has 0 saturated heterocycles. The summed E-state index contributed by atoms with van der Waals surface area (Å²) in [6, 6.07) is 9.83. The normalized spacial score (nSPS) is 14.8. The first-order valence-corrected chi connectivity index (χ1v) is 12.4. The lowest BCUT2D eigenvalue weighted by Gasteiger charge is -2.29. The molecule has 0 atom stereocenters. The van der Waals surface area contributed by atoms with Gasteiger partial charge in [-0.1, -0.05) is 18.2 Å². The molecule has 2 aromatic rings. The van der Waals surface area contributed by atoms with Crippen molar-refractivity contribution in [2.24, 2.45) is 5.14 Å². The summed E-state index contributed by atoms with van der Waals surface area (Å²) < 4.78 is 88.2. The van der Waals surface area contributed by atoms with Gasteiger partial charge in [-0.05, 0) is 53.8 Å². The summed E-state index contributed by atoms with van der Waals surface area (Å²) in [5.41, 5.74) is 1.70. The van der Waals surface area contributed by atoms with Gasteiger partial charge in [0.15, 0.2) is 0 Å². The maximum atomic E-state index is 12.7. The third kappa shape index (κ3) is 5.65. The molecule has 1 heterocycles. The van der Waals surface area contributed by atoms with E-state index in [9.17, 15) is 34.8 Å². The number of sulfonamides is 2. The lowest BCUT2D eigenvalue weighted by atomic mass is 10.00. The van der Waals surface area contributed by atoms with Gasteiger partial charge in [0.1, 0.15) is 0 Å². The van der Waals surface area contributed by atoms with E-state index in [1.807, 2.05) is 0 Å². The van der Waals surface area contributed by atoms with E-state index in [0.29, 0.717) is 21.6 Å². The van der Waals surface area contributed by atoms with Gasteiger partial charge in [-0.15, -0.1) is 0 Å². The van der Waals surface area contributed by atoms with Crippen LogP contribution in [0.3, 0.4) is 0 Å². The van der Waals surface area contributed by atoms with Gasteiger partial charge in [0.2, 0.25) is 20.0 Å². The zero-order valence-electron chi connectivity index (χ0n) is 16.6. The second-order valence-electron chi connectivity index (χ2n) is 7.24. The molecule has 3 rings (SSSR count). The summed E-state index contributed by atoms with van der Waals surface area (Å²) in [6.07, 6.45) is -4.53. The van der Waals surface area contributed by atoms with Gasteiger partial charge >= 0.3 is 12.1 Å². The molecule has 0 unspecified atom stereocenters. The minimum absolute atomic E-state index is 0.00677. The number of rotatable bonds is 6. The van der Waals surface area contributed by atoms with E-state index in [0.717, 1.165) is 0 Å². The number of amides is 1. The first kappa shape index (κ1) is 24.2. The van der Waals surface area contributed by atoms with Crippen molar-refractivity contribution in [2.75, 3.05) is 13.1 Å². The number of hydrogen-bond acceptors (Lipinski definition) is 5. The SMILES string of the molecule is NS(=O)(=O)c1ccc(CCNS(=O)(=O)c2ccc3c(c2)CN(C(=O)C(F)(F)F)CC3)cc1. The number of nitrogens with one attached hydrogen (secondary N) is 1. The summed E-state index contributed by atoms with van der Waals surface area (Å²) in [6.45, 7) is -0.416. The standard InChI is InChI=1S/C19H20F3N3O5S2/c20-19(21,22)18(26)25-10-8-14-3-6-17(11-15(14)12-25)32(29,30)24-9-7-13-1-4-16(5-2-13)31(23,27)28/h1-6,11,24H,7-10,12H2,(H2,23,27,28). The van der Waals surface area contributed by atoms with Gasteiger partial charge in [-0.3, -0.25) is 4.79 Å². The highest BCUT2D eigenvalue weighted by Gasteiger charge is 2.43. The highest BCUT2D eigenvalue weighted by molar-refractivity contribution is 7.89. The molecule has 2 aromatic carbocycles. The molecule has 3 N–H and O–H groups in total. The average Bonchev–Trinajstić information content (AvgIpc) is 2.71. The van der Waals surface area contributed by atoms with Crippen molar-refractivity contribution in [1.82, 2.24) is 9.62 Å². The first-order chi connectivity index (χ1) is 14.8. The Hall–Kier alpha value is -2.48.